The van der Waals surface area contributed by atoms with E-state index in [4.69, 9.17) is 13.7 Å². The molecule has 0 radical (unpaired) electrons. The monoisotopic (exact) mass is 368 g/mol. The van der Waals surface area contributed by atoms with Crippen LogP contribution in [0.2, 0.25) is 0 Å². The molecule has 0 aromatic heterocycles. The van der Waals surface area contributed by atoms with Crippen molar-refractivity contribution in [3.63, 3.8) is 0 Å². The van der Waals surface area contributed by atoms with Gasteiger partial charge in [-0.3, -0.25) is 4.89 Å². The van der Waals surface area contributed by atoms with Crippen molar-refractivity contribution in [2.45, 2.75) is 11.8 Å². The molecule has 0 saturated carbocycles. The van der Waals surface area contributed by atoms with Crippen molar-refractivity contribution in [1.82, 2.24) is 0 Å². The van der Waals surface area contributed by atoms with Gasteiger partial charge in [-0.25, -0.2) is 9.59 Å². The second-order valence-corrected chi connectivity index (χ2v) is 5.38. The average molecular weight is 368 g/mol. The number of aryl methyl sites for hydroxylation is 1. The lowest BCUT2D eigenvalue weighted by atomic mass is 10.2. The first-order chi connectivity index (χ1) is 12.0. The highest BCUT2D eigenvalue weighted by molar-refractivity contribution is 7.94. The molecule has 25 heavy (non-hydrogen) atoms. The molecular formula is C17H20O7S. The molecule has 1 aromatic carbocycles. The maximum Gasteiger partial charge on any atom is 0.408 e. The quantitative estimate of drug-likeness (QED) is 0.106. The summed E-state index contributed by atoms with van der Waals surface area (Å²) >= 11 is 0.993. The molecule has 0 atom stereocenters. The first kappa shape index (κ1) is 20.8. The van der Waals surface area contributed by atoms with Crippen molar-refractivity contribution >= 4 is 24.0 Å². The summed E-state index contributed by atoms with van der Waals surface area (Å²) in [4.78, 5) is 32.3. The van der Waals surface area contributed by atoms with Gasteiger partial charge >= 0.3 is 11.9 Å². The van der Waals surface area contributed by atoms with Crippen molar-refractivity contribution in [2.75, 3.05) is 26.4 Å². The van der Waals surface area contributed by atoms with E-state index in [-0.39, 0.29) is 32.2 Å². The molecule has 0 unspecified atom stereocenters. The molecule has 136 valence electrons. The minimum Gasteiger partial charge on any atom is -0.460 e. The van der Waals surface area contributed by atoms with Gasteiger partial charge in [-0.05, 0) is 25.6 Å². The number of carbonyl (C=O) groups excluding carboxylic acids is 2. The van der Waals surface area contributed by atoms with E-state index >= 15 is 0 Å². The normalized spacial score (nSPS) is 9.96. The summed E-state index contributed by atoms with van der Waals surface area (Å²) in [6.07, 6.45) is 1.06. The smallest absolute Gasteiger partial charge is 0.408 e. The van der Waals surface area contributed by atoms with Gasteiger partial charge in [-0.2, -0.15) is 4.89 Å². The molecule has 1 aromatic rings. The molecular weight excluding hydrogens is 348 g/mol. The Morgan fingerprint density at radius 1 is 1.12 bits per heavy atom. The van der Waals surface area contributed by atoms with E-state index in [1.165, 1.54) is 0 Å². The number of carbonyl (C=O) groups is 2. The Balaban J connectivity index is 2.05. The van der Waals surface area contributed by atoms with E-state index in [0.29, 0.717) is 0 Å². The fourth-order valence-corrected chi connectivity index (χ4v) is 1.84. The number of esters is 1. The Bertz CT molecular complexity index is 583. The molecule has 0 fully saturated rings. The maximum absolute atomic E-state index is 11.6. The van der Waals surface area contributed by atoms with E-state index in [0.717, 1.165) is 28.6 Å². The van der Waals surface area contributed by atoms with Crippen molar-refractivity contribution in [3.8, 4) is 0 Å². The number of hydrogen-bond acceptors (Lipinski definition) is 8. The first-order valence-electron chi connectivity index (χ1n) is 7.33. The van der Waals surface area contributed by atoms with E-state index in [1.807, 2.05) is 31.2 Å². The highest BCUT2D eigenvalue weighted by atomic mass is 32.2. The van der Waals surface area contributed by atoms with Crippen LogP contribution in [0.3, 0.4) is 0 Å². The number of ether oxygens (including phenoxy) is 2. The van der Waals surface area contributed by atoms with Gasteiger partial charge in [0.15, 0.2) is 0 Å². The zero-order valence-corrected chi connectivity index (χ0v) is 14.7. The van der Waals surface area contributed by atoms with Crippen LogP contribution < -0.4 is 0 Å². The SMILES string of the molecule is C=CC(=O)OCCOCCOOC(=O)C(=C)OSc1ccc(C)cc1. The van der Waals surface area contributed by atoms with Crippen molar-refractivity contribution in [3.05, 3.63) is 54.8 Å². The topological polar surface area (TPSA) is 80.3 Å². The molecule has 0 N–H and O–H groups in total. The second-order valence-electron chi connectivity index (χ2n) is 4.58. The Labute approximate surface area is 150 Å². The molecule has 0 amide bonds. The van der Waals surface area contributed by atoms with Crippen LogP contribution in [-0.4, -0.2) is 38.4 Å². The highest BCUT2D eigenvalue weighted by Crippen LogP contribution is 2.22. The summed E-state index contributed by atoms with van der Waals surface area (Å²) in [6, 6.07) is 7.57. The fourth-order valence-electron chi connectivity index (χ4n) is 1.32. The standard InChI is InChI=1S/C17H20O7S/c1-4-16(18)21-11-9-20-10-12-22-23-17(19)14(3)24-25-15-7-5-13(2)6-8-15/h4-8H,1,3,9-12H2,2H3. The zero-order chi connectivity index (χ0) is 18.5. The first-order valence-corrected chi connectivity index (χ1v) is 8.08. The lowest BCUT2D eigenvalue weighted by molar-refractivity contribution is -0.274. The predicted octanol–water partition coefficient (Wildman–Crippen LogP) is 2.75. The maximum atomic E-state index is 11.6. The summed E-state index contributed by atoms with van der Waals surface area (Å²) in [5, 5.41) is 0. The Morgan fingerprint density at radius 2 is 1.80 bits per heavy atom. The largest absolute Gasteiger partial charge is 0.460 e. The van der Waals surface area contributed by atoms with Crippen LogP contribution >= 0.6 is 12.0 Å². The van der Waals surface area contributed by atoms with Gasteiger partial charge in [0.25, 0.3) is 0 Å². The van der Waals surface area contributed by atoms with E-state index in [2.05, 4.69) is 22.9 Å². The van der Waals surface area contributed by atoms with E-state index < -0.39 is 11.9 Å². The molecule has 0 aliphatic rings. The Hall–Kier alpha value is -2.29. The molecule has 0 saturated heterocycles. The van der Waals surface area contributed by atoms with E-state index in [9.17, 15) is 9.59 Å². The fraction of sp³-hybridized carbons (Fsp3) is 0.294. The number of hydrogen-bond donors (Lipinski definition) is 0. The molecule has 0 bridgehead atoms. The van der Waals surface area contributed by atoms with Crippen molar-refractivity contribution < 1.29 is 33.0 Å². The predicted molar refractivity (Wildman–Crippen MR) is 91.3 cm³/mol. The highest BCUT2D eigenvalue weighted by Gasteiger charge is 2.12. The third kappa shape index (κ3) is 9.55. The summed E-state index contributed by atoms with van der Waals surface area (Å²) in [7, 11) is 0. The lowest BCUT2D eigenvalue weighted by Crippen LogP contribution is -2.14. The van der Waals surface area contributed by atoms with Gasteiger partial charge in [0, 0.05) is 11.0 Å². The number of benzene rings is 1. The van der Waals surface area contributed by atoms with Crippen LogP contribution in [0, 0.1) is 6.92 Å². The Kier molecular flexibility index (Phi) is 10.1. The van der Waals surface area contributed by atoms with Crippen molar-refractivity contribution in [1.29, 1.82) is 0 Å². The molecule has 0 spiro atoms. The van der Waals surface area contributed by atoms with E-state index in [1.54, 1.807) is 0 Å². The summed E-state index contributed by atoms with van der Waals surface area (Å²) in [6.45, 7) is 9.17. The number of rotatable bonds is 12. The lowest BCUT2D eigenvalue weighted by Gasteiger charge is -2.07. The van der Waals surface area contributed by atoms with Gasteiger partial charge in [0.05, 0.1) is 25.3 Å². The van der Waals surface area contributed by atoms with Gasteiger partial charge in [-0.15, -0.1) is 0 Å². The van der Waals surface area contributed by atoms with Crippen LogP contribution in [0.15, 0.2) is 54.2 Å². The molecule has 0 aliphatic carbocycles. The van der Waals surface area contributed by atoms with Crippen LogP contribution in [-0.2, 0) is 33.0 Å². The molecule has 7 nitrogen and oxygen atoms in total. The average Bonchev–Trinajstić information content (AvgIpc) is 2.62. The molecule has 0 aliphatic heterocycles. The zero-order valence-electron chi connectivity index (χ0n) is 13.9. The van der Waals surface area contributed by atoms with Crippen LogP contribution in [0.1, 0.15) is 5.56 Å². The minimum atomic E-state index is -0.834. The summed E-state index contributed by atoms with van der Waals surface area (Å²) in [5.41, 5.74) is 1.12. The van der Waals surface area contributed by atoms with Crippen LogP contribution in [0.25, 0.3) is 0 Å². The third-order valence-corrected chi connectivity index (χ3v) is 3.32. The summed E-state index contributed by atoms with van der Waals surface area (Å²) < 4.78 is 15.0. The van der Waals surface area contributed by atoms with Crippen LogP contribution in [0.5, 0.6) is 0 Å². The third-order valence-electron chi connectivity index (χ3n) is 2.57. The minimum absolute atomic E-state index is 0.0134. The van der Waals surface area contributed by atoms with Gasteiger partial charge in [0.1, 0.15) is 13.2 Å². The van der Waals surface area contributed by atoms with Gasteiger partial charge in [-0.1, -0.05) is 24.3 Å². The summed E-state index contributed by atoms with van der Waals surface area (Å²) in [5.74, 6) is -1.54. The van der Waals surface area contributed by atoms with Crippen LogP contribution in [0.4, 0.5) is 0 Å². The molecule has 8 heteroatoms. The Morgan fingerprint density at radius 3 is 2.48 bits per heavy atom. The van der Waals surface area contributed by atoms with Gasteiger partial charge in [0.2, 0.25) is 5.76 Å². The molecule has 1 rings (SSSR count). The van der Waals surface area contributed by atoms with Gasteiger partial charge < -0.3 is 13.7 Å². The molecule has 0 heterocycles. The second kappa shape index (κ2) is 12.1. The van der Waals surface area contributed by atoms with Crippen molar-refractivity contribution in [2.24, 2.45) is 0 Å².